The smallest absolute Gasteiger partial charge is 0.410 e. The molecule has 98 valence electrons. The zero-order valence-electron chi connectivity index (χ0n) is 11.3. The lowest BCUT2D eigenvalue weighted by Gasteiger charge is -2.35. The van der Waals surface area contributed by atoms with Gasteiger partial charge in [0.1, 0.15) is 5.60 Å². The van der Waals surface area contributed by atoms with Crippen LogP contribution >= 0.6 is 0 Å². The molecule has 5 heteroatoms. The molecule has 1 aliphatic heterocycles. The lowest BCUT2D eigenvalue weighted by Crippen LogP contribution is -2.46. The van der Waals surface area contributed by atoms with Gasteiger partial charge in [-0.3, -0.25) is 4.68 Å². The minimum Gasteiger partial charge on any atom is -0.444 e. The summed E-state index contributed by atoms with van der Waals surface area (Å²) in [5.41, 5.74) is 1.83. The Morgan fingerprint density at radius 3 is 2.61 bits per heavy atom. The number of ether oxygens (including phenoxy) is 1. The van der Waals surface area contributed by atoms with Crippen molar-refractivity contribution in [3.05, 3.63) is 23.5 Å². The molecule has 1 amide bonds. The Morgan fingerprint density at radius 2 is 2.11 bits per heavy atom. The first-order valence-corrected chi connectivity index (χ1v) is 6.00. The molecule has 0 radical (unpaired) electrons. The van der Waals surface area contributed by atoms with Crippen LogP contribution in [0.4, 0.5) is 4.79 Å². The average Bonchev–Trinajstić information content (AvgIpc) is 2.54. The molecule has 1 aliphatic rings. The van der Waals surface area contributed by atoms with Gasteiger partial charge in [0.2, 0.25) is 0 Å². The summed E-state index contributed by atoms with van der Waals surface area (Å²) in [6, 6.07) is 1.95. The van der Waals surface area contributed by atoms with E-state index in [1.54, 1.807) is 11.1 Å². The zero-order chi connectivity index (χ0) is 13.3. The molecule has 0 aromatic carbocycles. The van der Waals surface area contributed by atoms with Crippen LogP contribution in [0.5, 0.6) is 0 Å². The van der Waals surface area contributed by atoms with Crippen molar-refractivity contribution < 1.29 is 9.53 Å². The Bertz CT molecular complexity index is 475. The van der Waals surface area contributed by atoms with E-state index in [9.17, 15) is 4.79 Å². The van der Waals surface area contributed by atoms with E-state index in [2.05, 4.69) is 11.2 Å². The molecule has 0 unspecified atom stereocenters. The van der Waals surface area contributed by atoms with Gasteiger partial charge in [-0.1, -0.05) is 0 Å². The van der Waals surface area contributed by atoms with Gasteiger partial charge in [0.25, 0.3) is 0 Å². The third kappa shape index (κ3) is 2.91. The van der Waals surface area contributed by atoms with Gasteiger partial charge in [-0.2, -0.15) is 5.10 Å². The van der Waals surface area contributed by atoms with Crippen LogP contribution in [0, 0.1) is 0 Å². The van der Waals surface area contributed by atoms with E-state index in [-0.39, 0.29) is 6.09 Å². The van der Waals surface area contributed by atoms with Crippen LogP contribution in [0.25, 0.3) is 6.08 Å². The molecule has 0 spiro atoms. The first kappa shape index (κ1) is 12.7. The van der Waals surface area contributed by atoms with Crippen molar-refractivity contribution in [3.8, 4) is 0 Å². The summed E-state index contributed by atoms with van der Waals surface area (Å²) in [5, 5.41) is 4.10. The fourth-order valence-corrected chi connectivity index (χ4v) is 1.73. The highest BCUT2D eigenvalue weighted by Gasteiger charge is 2.29. The molecule has 2 rings (SSSR count). The summed E-state index contributed by atoms with van der Waals surface area (Å²) in [7, 11) is 1.90. The second-order valence-corrected chi connectivity index (χ2v) is 5.52. The topological polar surface area (TPSA) is 47.4 Å². The number of rotatable bonds is 1. The quantitative estimate of drug-likeness (QED) is 0.765. The summed E-state index contributed by atoms with van der Waals surface area (Å²) in [6.07, 6.45) is 3.58. The fourth-order valence-electron chi connectivity index (χ4n) is 1.73. The van der Waals surface area contributed by atoms with E-state index < -0.39 is 5.60 Å². The second kappa shape index (κ2) is 4.48. The van der Waals surface area contributed by atoms with Crippen LogP contribution in [0.3, 0.4) is 0 Å². The van der Waals surface area contributed by atoms with Crippen molar-refractivity contribution in [3.63, 3.8) is 0 Å². The van der Waals surface area contributed by atoms with E-state index in [1.807, 2.05) is 38.6 Å². The Labute approximate surface area is 107 Å². The first-order chi connectivity index (χ1) is 8.35. The lowest BCUT2D eigenvalue weighted by atomic mass is 10.1. The molecule has 2 heterocycles. The minimum absolute atomic E-state index is 0.246. The van der Waals surface area contributed by atoms with E-state index in [0.29, 0.717) is 13.1 Å². The molecule has 1 fully saturated rings. The van der Waals surface area contributed by atoms with Gasteiger partial charge < -0.3 is 9.64 Å². The van der Waals surface area contributed by atoms with Crippen molar-refractivity contribution in [1.82, 2.24) is 14.7 Å². The van der Waals surface area contributed by atoms with Gasteiger partial charge in [0.15, 0.2) is 0 Å². The number of nitrogens with zero attached hydrogens (tertiary/aromatic N) is 3. The number of hydrogen-bond acceptors (Lipinski definition) is 3. The molecule has 5 nitrogen and oxygen atoms in total. The minimum atomic E-state index is -0.432. The summed E-state index contributed by atoms with van der Waals surface area (Å²) in [6.45, 7) is 6.89. The third-order valence-electron chi connectivity index (χ3n) is 2.65. The number of carbonyl (C=O) groups excluding carboxylic acids is 1. The summed E-state index contributed by atoms with van der Waals surface area (Å²) in [5.74, 6) is 0. The molecular weight excluding hydrogens is 230 g/mol. The van der Waals surface area contributed by atoms with Crippen LogP contribution in [0.15, 0.2) is 17.8 Å². The maximum absolute atomic E-state index is 11.7. The normalized spacial score (nSPS) is 15.3. The van der Waals surface area contributed by atoms with Crippen LogP contribution in [0.2, 0.25) is 0 Å². The van der Waals surface area contributed by atoms with Gasteiger partial charge in [0.05, 0.1) is 5.69 Å². The maximum atomic E-state index is 11.7. The average molecular weight is 249 g/mol. The summed E-state index contributed by atoms with van der Waals surface area (Å²) < 4.78 is 7.10. The van der Waals surface area contributed by atoms with Crippen molar-refractivity contribution in [2.75, 3.05) is 13.1 Å². The number of aromatic nitrogens is 2. The standard InChI is InChI=1S/C13H19N3O2/c1-13(2,3)18-12(17)16-8-10(9-16)7-11-5-6-14-15(11)4/h5-7H,8-9H2,1-4H3. The van der Waals surface area contributed by atoms with Crippen LogP contribution < -0.4 is 0 Å². The molecule has 1 aromatic rings. The SMILES string of the molecule is Cn1nccc1C=C1CN(C(=O)OC(C)(C)C)C1. The molecule has 0 saturated carbocycles. The first-order valence-electron chi connectivity index (χ1n) is 6.00. The highest BCUT2D eigenvalue weighted by atomic mass is 16.6. The van der Waals surface area contributed by atoms with Gasteiger partial charge >= 0.3 is 6.09 Å². The monoisotopic (exact) mass is 249 g/mol. The predicted octanol–water partition coefficient (Wildman–Crippen LogP) is 2.05. The Hall–Kier alpha value is -1.78. The molecule has 18 heavy (non-hydrogen) atoms. The van der Waals surface area contributed by atoms with E-state index in [0.717, 1.165) is 5.69 Å². The number of likely N-dealkylation sites (tertiary alicyclic amines) is 1. The summed E-state index contributed by atoms with van der Waals surface area (Å²) >= 11 is 0. The van der Waals surface area contributed by atoms with E-state index >= 15 is 0 Å². The van der Waals surface area contributed by atoms with Crippen LogP contribution in [-0.4, -0.2) is 39.5 Å². The Balaban J connectivity index is 1.89. The van der Waals surface area contributed by atoms with Crippen molar-refractivity contribution in [2.45, 2.75) is 26.4 Å². The van der Waals surface area contributed by atoms with Gasteiger partial charge in [-0.25, -0.2) is 4.79 Å². The van der Waals surface area contributed by atoms with Crippen LogP contribution in [0.1, 0.15) is 26.5 Å². The van der Waals surface area contributed by atoms with Crippen LogP contribution in [-0.2, 0) is 11.8 Å². The molecule has 1 aromatic heterocycles. The predicted molar refractivity (Wildman–Crippen MR) is 69.0 cm³/mol. The summed E-state index contributed by atoms with van der Waals surface area (Å²) in [4.78, 5) is 13.4. The second-order valence-electron chi connectivity index (χ2n) is 5.52. The largest absolute Gasteiger partial charge is 0.444 e. The number of hydrogen-bond donors (Lipinski definition) is 0. The molecule has 1 saturated heterocycles. The Morgan fingerprint density at radius 1 is 1.44 bits per heavy atom. The van der Waals surface area contributed by atoms with Crippen molar-refractivity contribution in [1.29, 1.82) is 0 Å². The zero-order valence-corrected chi connectivity index (χ0v) is 11.3. The molecular formula is C13H19N3O2. The van der Waals surface area contributed by atoms with Gasteiger partial charge in [0, 0.05) is 26.3 Å². The molecule has 0 bridgehead atoms. The molecule has 0 atom stereocenters. The number of amides is 1. The molecule has 0 aliphatic carbocycles. The highest BCUT2D eigenvalue weighted by Crippen LogP contribution is 2.20. The maximum Gasteiger partial charge on any atom is 0.410 e. The number of aryl methyl sites for hydroxylation is 1. The van der Waals surface area contributed by atoms with Crippen molar-refractivity contribution >= 4 is 12.2 Å². The fraction of sp³-hybridized carbons (Fsp3) is 0.538. The van der Waals surface area contributed by atoms with E-state index in [4.69, 9.17) is 4.74 Å². The van der Waals surface area contributed by atoms with E-state index in [1.165, 1.54) is 5.57 Å². The number of carbonyl (C=O) groups is 1. The Kier molecular flexibility index (Phi) is 3.15. The lowest BCUT2D eigenvalue weighted by molar-refractivity contribution is 0.0216. The third-order valence-corrected chi connectivity index (χ3v) is 2.65. The highest BCUT2D eigenvalue weighted by molar-refractivity contribution is 5.72. The van der Waals surface area contributed by atoms with Gasteiger partial charge in [-0.05, 0) is 38.5 Å². The van der Waals surface area contributed by atoms with Gasteiger partial charge in [-0.15, -0.1) is 0 Å². The van der Waals surface area contributed by atoms with Crippen molar-refractivity contribution in [2.24, 2.45) is 7.05 Å². The molecule has 0 N–H and O–H groups in total.